The highest BCUT2D eigenvalue weighted by molar-refractivity contribution is 7.61. The van der Waals surface area contributed by atoms with Crippen LogP contribution in [0.5, 0.6) is 0 Å². The largest absolute Gasteiger partial charge is 0.480 e. The Morgan fingerprint density at radius 3 is 2.62 bits per heavy atom. The zero-order valence-electron chi connectivity index (χ0n) is 16.4. The van der Waals surface area contributed by atoms with E-state index in [0.717, 1.165) is 16.7 Å². The van der Waals surface area contributed by atoms with E-state index in [2.05, 4.69) is 4.98 Å². The number of hydrogen-bond donors (Lipinski definition) is 3. The van der Waals surface area contributed by atoms with E-state index in [1.807, 2.05) is 41.3 Å². The number of rotatable bonds is 8. The van der Waals surface area contributed by atoms with Gasteiger partial charge < -0.3 is 15.7 Å². The van der Waals surface area contributed by atoms with Crippen LogP contribution in [-0.4, -0.2) is 56.8 Å². The van der Waals surface area contributed by atoms with Crippen LogP contribution in [0.3, 0.4) is 0 Å². The molecule has 4 N–H and O–H groups in total. The summed E-state index contributed by atoms with van der Waals surface area (Å²) < 4.78 is 12.9. The van der Waals surface area contributed by atoms with Gasteiger partial charge in [-0.15, -0.1) is 0 Å². The molecule has 8 heteroatoms. The number of aliphatic carboxylic acids is 1. The second kappa shape index (κ2) is 9.18. The first-order valence-corrected chi connectivity index (χ1v) is 11.7. The number of pyridine rings is 1. The summed E-state index contributed by atoms with van der Waals surface area (Å²) in [7, 11) is -3.83. The van der Waals surface area contributed by atoms with Gasteiger partial charge in [0.15, 0.2) is 5.16 Å². The van der Waals surface area contributed by atoms with Crippen LogP contribution in [0, 0.1) is 0 Å². The Balaban J connectivity index is 1.86. The lowest BCUT2D eigenvalue weighted by molar-refractivity contribution is -0.141. The number of hydrogen-bond acceptors (Lipinski definition) is 5. The molecule has 1 fully saturated rings. The van der Waals surface area contributed by atoms with Gasteiger partial charge in [0.05, 0.1) is 0 Å². The Kier molecular flexibility index (Phi) is 6.85. The summed E-state index contributed by atoms with van der Waals surface area (Å²) in [6.45, 7) is 1.41. The second-order valence-electron chi connectivity index (χ2n) is 7.61. The molecule has 0 amide bonds. The van der Waals surface area contributed by atoms with E-state index in [1.165, 1.54) is 0 Å². The first-order chi connectivity index (χ1) is 13.9. The molecule has 2 unspecified atom stereocenters. The highest BCUT2D eigenvalue weighted by atomic mass is 31.2. The van der Waals surface area contributed by atoms with Crippen LogP contribution in [-0.2, 0) is 15.9 Å². The first kappa shape index (κ1) is 21.7. The van der Waals surface area contributed by atoms with Crippen molar-refractivity contribution < 1.29 is 19.4 Å². The molecular formula is C21H28N3O4P. The van der Waals surface area contributed by atoms with Crippen LogP contribution >= 0.6 is 7.37 Å². The zero-order valence-corrected chi connectivity index (χ0v) is 17.3. The van der Waals surface area contributed by atoms with Gasteiger partial charge in [-0.3, -0.25) is 19.2 Å². The molecule has 7 nitrogen and oxygen atoms in total. The molecule has 3 rings (SSSR count). The minimum Gasteiger partial charge on any atom is -0.480 e. The van der Waals surface area contributed by atoms with Crippen molar-refractivity contribution in [2.45, 2.75) is 31.0 Å². The molecule has 1 saturated heterocycles. The third-order valence-electron chi connectivity index (χ3n) is 5.72. The van der Waals surface area contributed by atoms with Crippen molar-refractivity contribution in [3.05, 3.63) is 54.4 Å². The molecule has 156 valence electrons. The number of unbranched alkanes of at least 4 members (excludes halogenated alkanes) is 1. The fourth-order valence-electron chi connectivity index (χ4n) is 4.04. The monoisotopic (exact) mass is 417 g/mol. The van der Waals surface area contributed by atoms with Gasteiger partial charge in [-0.25, -0.2) is 0 Å². The van der Waals surface area contributed by atoms with Gasteiger partial charge in [0.2, 0.25) is 7.37 Å². The Morgan fingerprint density at radius 2 is 1.93 bits per heavy atom. The van der Waals surface area contributed by atoms with E-state index < -0.39 is 18.5 Å². The number of nitrogens with zero attached hydrogens (tertiary/aromatic N) is 2. The average Bonchev–Trinajstić information content (AvgIpc) is 2.71. The third-order valence-corrected chi connectivity index (χ3v) is 8.42. The number of carboxylic acid groups (broad SMARTS) is 1. The summed E-state index contributed by atoms with van der Waals surface area (Å²) in [6, 6.07) is 11.8. The summed E-state index contributed by atoms with van der Waals surface area (Å²) in [5, 5.41) is 8.31. The van der Waals surface area contributed by atoms with E-state index in [4.69, 9.17) is 5.73 Å². The van der Waals surface area contributed by atoms with Crippen LogP contribution in [0.4, 0.5) is 0 Å². The minimum atomic E-state index is -3.83. The maximum Gasteiger partial charge on any atom is 0.320 e. The molecular weight excluding hydrogens is 389 g/mol. The Labute approximate surface area is 171 Å². The van der Waals surface area contributed by atoms with Crippen molar-refractivity contribution in [3.8, 4) is 11.1 Å². The maximum absolute atomic E-state index is 12.9. The normalized spacial score (nSPS) is 25.0. The molecule has 2 aromatic rings. The van der Waals surface area contributed by atoms with Crippen molar-refractivity contribution in [3.63, 3.8) is 0 Å². The van der Waals surface area contributed by atoms with Gasteiger partial charge in [-0.05, 0) is 48.2 Å². The van der Waals surface area contributed by atoms with E-state index in [-0.39, 0.29) is 19.1 Å². The van der Waals surface area contributed by atoms with E-state index in [1.54, 1.807) is 12.4 Å². The Morgan fingerprint density at radius 1 is 1.21 bits per heavy atom. The molecule has 0 spiro atoms. The predicted molar refractivity (Wildman–Crippen MR) is 113 cm³/mol. The lowest BCUT2D eigenvalue weighted by atomic mass is 9.97. The topological polar surface area (TPSA) is 117 Å². The number of nitrogens with two attached hydrogens (primary N) is 1. The zero-order chi connectivity index (χ0) is 20.9. The van der Waals surface area contributed by atoms with Crippen molar-refractivity contribution in [2.24, 2.45) is 5.73 Å². The summed E-state index contributed by atoms with van der Waals surface area (Å²) in [5.74, 6) is -1.19. The molecule has 1 aromatic carbocycles. The van der Waals surface area contributed by atoms with Crippen molar-refractivity contribution >= 4 is 13.3 Å². The van der Waals surface area contributed by atoms with Crippen LogP contribution in [0.1, 0.15) is 24.8 Å². The van der Waals surface area contributed by atoms with E-state index in [9.17, 15) is 19.4 Å². The molecule has 2 atom stereocenters. The standard InChI is InChI=1S/C21H28N3O4P/c22-10-4-3-9-21(20(25)26)16-24(13-14-29(21,27)28)15-18-5-1-2-6-19(18)17-7-11-23-12-8-17/h1-2,5-8,11-12H,3-4,9-10,13-16,22H2,(H,25,26)(H,27,28). The van der Waals surface area contributed by atoms with Gasteiger partial charge in [0.25, 0.3) is 0 Å². The van der Waals surface area contributed by atoms with E-state index >= 15 is 0 Å². The highest BCUT2D eigenvalue weighted by Crippen LogP contribution is 2.59. The average molecular weight is 417 g/mol. The molecule has 2 heterocycles. The number of aromatic nitrogens is 1. The Hall–Kier alpha value is -2.05. The van der Waals surface area contributed by atoms with Crippen molar-refractivity contribution in [1.29, 1.82) is 0 Å². The Bertz CT molecular complexity index is 893. The fraction of sp³-hybridized carbons (Fsp3) is 0.429. The summed E-state index contributed by atoms with van der Waals surface area (Å²) in [5.41, 5.74) is 8.68. The molecule has 1 aliphatic rings. The van der Waals surface area contributed by atoms with Gasteiger partial charge in [-0.2, -0.15) is 0 Å². The third kappa shape index (κ3) is 4.59. The number of carboxylic acids is 1. The van der Waals surface area contributed by atoms with Crippen molar-refractivity contribution in [1.82, 2.24) is 9.88 Å². The summed E-state index contributed by atoms with van der Waals surface area (Å²) in [4.78, 5) is 28.8. The first-order valence-electron chi connectivity index (χ1n) is 9.86. The lowest BCUT2D eigenvalue weighted by Crippen LogP contribution is -2.53. The van der Waals surface area contributed by atoms with Crippen LogP contribution < -0.4 is 5.73 Å². The quantitative estimate of drug-likeness (QED) is 0.447. The van der Waals surface area contributed by atoms with E-state index in [0.29, 0.717) is 32.5 Å². The number of benzene rings is 1. The molecule has 0 bridgehead atoms. The maximum atomic E-state index is 12.9. The predicted octanol–water partition coefficient (Wildman–Crippen LogP) is 2.79. The molecule has 1 aromatic heterocycles. The SMILES string of the molecule is NCCCCC1(C(=O)O)CN(Cc2ccccc2-c2ccncc2)CCP1(=O)O. The van der Waals surface area contributed by atoms with Gasteiger partial charge in [-0.1, -0.05) is 30.7 Å². The van der Waals surface area contributed by atoms with Gasteiger partial charge in [0.1, 0.15) is 0 Å². The second-order valence-corrected chi connectivity index (χ2v) is 10.3. The van der Waals surface area contributed by atoms with Gasteiger partial charge in [0, 0.05) is 38.2 Å². The molecule has 0 radical (unpaired) electrons. The molecule has 0 saturated carbocycles. The van der Waals surface area contributed by atoms with Crippen molar-refractivity contribution in [2.75, 3.05) is 25.8 Å². The molecule has 1 aliphatic heterocycles. The van der Waals surface area contributed by atoms with Gasteiger partial charge >= 0.3 is 5.97 Å². The smallest absolute Gasteiger partial charge is 0.320 e. The van der Waals surface area contributed by atoms with Crippen LogP contribution in [0.15, 0.2) is 48.8 Å². The van der Waals surface area contributed by atoms with Crippen LogP contribution in [0.2, 0.25) is 0 Å². The summed E-state index contributed by atoms with van der Waals surface area (Å²) in [6.07, 6.45) is 4.79. The minimum absolute atomic E-state index is 0.0145. The highest BCUT2D eigenvalue weighted by Gasteiger charge is 2.56. The summed E-state index contributed by atoms with van der Waals surface area (Å²) >= 11 is 0. The fourth-order valence-corrected chi connectivity index (χ4v) is 6.25. The molecule has 0 aliphatic carbocycles. The van der Waals surface area contributed by atoms with Crippen LogP contribution in [0.25, 0.3) is 11.1 Å². The molecule has 29 heavy (non-hydrogen) atoms. The number of carbonyl (C=O) groups is 1. The lowest BCUT2D eigenvalue weighted by Gasteiger charge is -2.43.